The molecule has 1 heterocycles. The minimum absolute atomic E-state index is 0.586. The molecule has 1 saturated heterocycles. The number of halogens is 1. The smallest absolute Gasteiger partial charge is 0.0406 e. The molecule has 2 atom stereocenters. The van der Waals surface area contributed by atoms with Crippen molar-refractivity contribution in [2.45, 2.75) is 41.6 Å². The van der Waals surface area contributed by atoms with Crippen LogP contribution in [0.4, 0.5) is 0 Å². The molecule has 0 amide bonds. The summed E-state index contributed by atoms with van der Waals surface area (Å²) in [6.45, 7) is 5.71. The van der Waals surface area contributed by atoms with Crippen LogP contribution in [0.2, 0.25) is 5.02 Å². The van der Waals surface area contributed by atoms with Crippen molar-refractivity contribution in [3.05, 3.63) is 58.6 Å². The molecular weight excluding hydrogens is 336 g/mol. The van der Waals surface area contributed by atoms with E-state index in [0.717, 1.165) is 24.7 Å². The van der Waals surface area contributed by atoms with Crippen LogP contribution in [-0.2, 0) is 6.42 Å². The Morgan fingerprint density at radius 1 is 1.17 bits per heavy atom. The van der Waals surface area contributed by atoms with Gasteiger partial charge in [-0.15, -0.1) is 0 Å². The van der Waals surface area contributed by atoms with Crippen LogP contribution < -0.4 is 5.32 Å². The number of rotatable bonds is 3. The average molecular weight is 359 g/mol. The fourth-order valence-electron chi connectivity index (χ4n) is 3.99. The zero-order valence-corrected chi connectivity index (χ0v) is 15.5. The number of hydrogen-bond acceptors (Lipinski definition) is 3. The number of piperazine rings is 1. The van der Waals surface area contributed by atoms with Gasteiger partial charge in [0.1, 0.15) is 0 Å². The number of nitrogens with one attached hydrogen (secondary N) is 1. The maximum absolute atomic E-state index is 6.01. The van der Waals surface area contributed by atoms with Crippen LogP contribution in [-0.4, -0.2) is 30.6 Å². The molecular formula is C20H23ClN2S. The molecule has 0 spiro atoms. The second kappa shape index (κ2) is 7.09. The van der Waals surface area contributed by atoms with Crippen molar-refractivity contribution >= 4 is 23.4 Å². The largest absolute Gasteiger partial charge is 0.314 e. The van der Waals surface area contributed by atoms with Crippen LogP contribution in [0.1, 0.15) is 30.5 Å². The van der Waals surface area contributed by atoms with Gasteiger partial charge in [-0.25, -0.2) is 0 Å². The van der Waals surface area contributed by atoms with Crippen molar-refractivity contribution in [2.24, 2.45) is 0 Å². The first-order chi connectivity index (χ1) is 11.7. The zero-order chi connectivity index (χ0) is 16.5. The van der Waals surface area contributed by atoms with Gasteiger partial charge >= 0.3 is 0 Å². The number of hydrogen-bond donors (Lipinski definition) is 1. The summed E-state index contributed by atoms with van der Waals surface area (Å²) >= 11 is 7.87. The van der Waals surface area contributed by atoms with Crippen LogP contribution in [0.15, 0.2) is 52.3 Å². The maximum Gasteiger partial charge on any atom is 0.0406 e. The molecule has 0 aromatic heterocycles. The first-order valence-corrected chi connectivity index (χ1v) is 9.93. The van der Waals surface area contributed by atoms with E-state index in [1.807, 2.05) is 23.9 Å². The van der Waals surface area contributed by atoms with Gasteiger partial charge in [0.2, 0.25) is 0 Å². The van der Waals surface area contributed by atoms with Gasteiger partial charge in [-0.2, -0.15) is 0 Å². The maximum atomic E-state index is 6.01. The third kappa shape index (κ3) is 3.23. The summed E-state index contributed by atoms with van der Waals surface area (Å²) in [7, 11) is 0. The Bertz CT molecular complexity index is 716. The van der Waals surface area contributed by atoms with Crippen molar-refractivity contribution in [3.63, 3.8) is 0 Å². The highest BCUT2D eigenvalue weighted by atomic mass is 35.5. The highest BCUT2D eigenvalue weighted by molar-refractivity contribution is 7.99. The monoisotopic (exact) mass is 358 g/mol. The lowest BCUT2D eigenvalue weighted by molar-refractivity contribution is 0.116. The summed E-state index contributed by atoms with van der Waals surface area (Å²) in [5.74, 6) is 0. The lowest BCUT2D eigenvalue weighted by Gasteiger charge is -2.38. The van der Waals surface area contributed by atoms with Crippen molar-refractivity contribution in [1.82, 2.24) is 10.2 Å². The van der Waals surface area contributed by atoms with E-state index in [9.17, 15) is 0 Å². The third-order valence-corrected chi connectivity index (χ3v) is 6.55. The van der Waals surface area contributed by atoms with Gasteiger partial charge in [0.15, 0.2) is 0 Å². The highest BCUT2D eigenvalue weighted by Gasteiger charge is 2.32. The molecule has 4 rings (SSSR count). The van der Waals surface area contributed by atoms with E-state index >= 15 is 0 Å². The molecule has 2 nitrogen and oxygen atoms in total. The Morgan fingerprint density at radius 2 is 2.00 bits per heavy atom. The molecule has 4 heteroatoms. The molecule has 2 aromatic carbocycles. The second-order valence-electron chi connectivity index (χ2n) is 6.73. The second-order valence-corrected chi connectivity index (χ2v) is 8.28. The Labute approximate surface area is 153 Å². The summed E-state index contributed by atoms with van der Waals surface area (Å²) in [6.07, 6.45) is 2.44. The fourth-order valence-corrected chi connectivity index (χ4v) is 5.13. The molecule has 0 bridgehead atoms. The minimum Gasteiger partial charge on any atom is -0.314 e. The van der Waals surface area contributed by atoms with Crippen molar-refractivity contribution in [2.75, 3.05) is 19.6 Å². The Morgan fingerprint density at radius 3 is 2.79 bits per heavy atom. The predicted octanol–water partition coefficient (Wildman–Crippen LogP) is 4.77. The molecule has 2 aliphatic rings. The summed E-state index contributed by atoms with van der Waals surface area (Å²) < 4.78 is 0. The summed E-state index contributed by atoms with van der Waals surface area (Å²) in [5, 5.41) is 4.30. The van der Waals surface area contributed by atoms with Gasteiger partial charge in [0.05, 0.1) is 0 Å². The molecule has 2 unspecified atom stereocenters. The normalized spacial score (nSPS) is 24.1. The quantitative estimate of drug-likeness (QED) is 0.850. The standard InChI is InChI=1S/C20H23ClN2S/c1-14-13-22-11-12-23(14)19-10-9-18-17(19)3-2-4-20(18)24-16-7-5-15(21)6-8-16/h2-8,14,19,22H,9-13H2,1H3. The summed E-state index contributed by atoms with van der Waals surface area (Å²) in [6, 6.07) is 16.2. The highest BCUT2D eigenvalue weighted by Crippen LogP contribution is 2.43. The number of fused-ring (bicyclic) bond motifs is 1. The number of benzene rings is 2. The van der Waals surface area contributed by atoms with E-state index < -0.39 is 0 Å². The summed E-state index contributed by atoms with van der Waals surface area (Å²) in [4.78, 5) is 5.35. The van der Waals surface area contributed by atoms with E-state index in [1.165, 1.54) is 22.6 Å². The molecule has 126 valence electrons. The summed E-state index contributed by atoms with van der Waals surface area (Å²) in [5.41, 5.74) is 3.09. The van der Waals surface area contributed by atoms with Crippen LogP contribution in [0.5, 0.6) is 0 Å². The molecule has 1 fully saturated rings. The predicted molar refractivity (Wildman–Crippen MR) is 102 cm³/mol. The molecule has 1 aliphatic carbocycles. The molecule has 1 N–H and O–H groups in total. The van der Waals surface area contributed by atoms with Crippen molar-refractivity contribution in [3.8, 4) is 0 Å². The van der Waals surface area contributed by atoms with E-state index in [4.69, 9.17) is 11.6 Å². The molecule has 24 heavy (non-hydrogen) atoms. The van der Waals surface area contributed by atoms with Crippen LogP contribution in [0.25, 0.3) is 0 Å². The van der Waals surface area contributed by atoms with Crippen LogP contribution in [0.3, 0.4) is 0 Å². The average Bonchev–Trinajstić information content (AvgIpc) is 3.02. The molecule has 1 aliphatic heterocycles. The van der Waals surface area contributed by atoms with E-state index in [-0.39, 0.29) is 0 Å². The molecule has 2 aromatic rings. The Hall–Kier alpha value is -1.00. The Balaban J connectivity index is 1.60. The van der Waals surface area contributed by atoms with Gasteiger partial charge in [-0.3, -0.25) is 4.90 Å². The minimum atomic E-state index is 0.586. The first kappa shape index (κ1) is 16.5. The van der Waals surface area contributed by atoms with Crippen molar-refractivity contribution in [1.29, 1.82) is 0 Å². The SMILES string of the molecule is CC1CNCCN1C1CCc2c(Sc3ccc(Cl)cc3)cccc21. The lowest BCUT2D eigenvalue weighted by atomic mass is 10.0. The third-order valence-electron chi connectivity index (χ3n) is 5.19. The van der Waals surface area contributed by atoms with Gasteiger partial charge in [-0.05, 0) is 61.2 Å². The first-order valence-electron chi connectivity index (χ1n) is 8.74. The van der Waals surface area contributed by atoms with E-state index in [2.05, 4.69) is 47.5 Å². The van der Waals surface area contributed by atoms with Crippen LogP contribution in [0, 0.1) is 0 Å². The lowest BCUT2D eigenvalue weighted by Crippen LogP contribution is -2.50. The number of nitrogens with zero attached hydrogens (tertiary/aromatic N) is 1. The fraction of sp³-hybridized carbons (Fsp3) is 0.400. The zero-order valence-electron chi connectivity index (χ0n) is 14.0. The molecule has 0 radical (unpaired) electrons. The van der Waals surface area contributed by atoms with Gasteiger partial charge in [-0.1, -0.05) is 35.5 Å². The van der Waals surface area contributed by atoms with Gasteiger partial charge in [0.25, 0.3) is 0 Å². The Kier molecular flexibility index (Phi) is 4.86. The van der Waals surface area contributed by atoms with Crippen molar-refractivity contribution < 1.29 is 0 Å². The van der Waals surface area contributed by atoms with E-state index in [0.29, 0.717) is 12.1 Å². The molecule has 0 saturated carbocycles. The van der Waals surface area contributed by atoms with Gasteiger partial charge < -0.3 is 5.32 Å². The van der Waals surface area contributed by atoms with Crippen LogP contribution >= 0.6 is 23.4 Å². The van der Waals surface area contributed by atoms with E-state index in [1.54, 1.807) is 11.1 Å². The van der Waals surface area contributed by atoms with Gasteiger partial charge in [0, 0.05) is 46.5 Å². The topological polar surface area (TPSA) is 15.3 Å².